The number of halogens is 1. The fourth-order valence-electron chi connectivity index (χ4n) is 3.32. The molecule has 4 rings (SSSR count). The van der Waals surface area contributed by atoms with E-state index < -0.39 is 0 Å². The fourth-order valence-corrected chi connectivity index (χ4v) is 4.91. The molecule has 2 heterocycles. The molecule has 2 aromatic heterocycles. The van der Waals surface area contributed by atoms with Gasteiger partial charge in [-0.1, -0.05) is 63.2 Å². The van der Waals surface area contributed by atoms with Gasteiger partial charge in [-0.2, -0.15) is 0 Å². The minimum absolute atomic E-state index is 0.0473. The molecular formula is C22H20BrN3O2S. The summed E-state index contributed by atoms with van der Waals surface area (Å²) in [5.41, 5.74) is 3.61. The van der Waals surface area contributed by atoms with Crippen molar-refractivity contribution < 1.29 is 4.52 Å². The van der Waals surface area contributed by atoms with Crippen LogP contribution < -0.4 is 5.56 Å². The Balaban J connectivity index is 1.85. The third-order valence-electron chi connectivity index (χ3n) is 5.03. The van der Waals surface area contributed by atoms with Crippen LogP contribution in [0.4, 0.5) is 0 Å². The first-order valence-electron chi connectivity index (χ1n) is 9.27. The van der Waals surface area contributed by atoms with Crippen LogP contribution in [0.1, 0.15) is 35.5 Å². The van der Waals surface area contributed by atoms with Crippen LogP contribution >= 0.6 is 27.7 Å². The number of fused-ring (bicyclic) bond motifs is 1. The summed E-state index contributed by atoms with van der Waals surface area (Å²) in [6.07, 6.45) is 0. The van der Waals surface area contributed by atoms with Crippen LogP contribution in [0, 0.1) is 13.8 Å². The number of rotatable bonds is 5. The highest BCUT2D eigenvalue weighted by Crippen LogP contribution is 2.29. The van der Waals surface area contributed by atoms with Crippen LogP contribution in [0.5, 0.6) is 0 Å². The second kappa shape index (κ2) is 8.16. The predicted molar refractivity (Wildman–Crippen MR) is 119 cm³/mol. The van der Waals surface area contributed by atoms with Crippen molar-refractivity contribution in [1.29, 1.82) is 0 Å². The van der Waals surface area contributed by atoms with E-state index in [0.29, 0.717) is 21.8 Å². The van der Waals surface area contributed by atoms with Crippen molar-refractivity contribution in [3.05, 3.63) is 85.9 Å². The van der Waals surface area contributed by atoms with Gasteiger partial charge in [0.05, 0.1) is 22.6 Å². The Bertz CT molecular complexity index is 1210. The largest absolute Gasteiger partial charge is 0.361 e. The van der Waals surface area contributed by atoms with Crippen LogP contribution in [0.25, 0.3) is 10.9 Å². The maximum absolute atomic E-state index is 13.5. The average Bonchev–Trinajstić information content (AvgIpc) is 3.05. The Kier molecular flexibility index (Phi) is 5.61. The lowest BCUT2D eigenvalue weighted by Gasteiger charge is -2.20. The summed E-state index contributed by atoms with van der Waals surface area (Å²) in [5, 5.41) is 5.31. The Morgan fingerprint density at radius 3 is 2.62 bits per heavy atom. The summed E-state index contributed by atoms with van der Waals surface area (Å²) in [5.74, 6) is 1.43. The van der Waals surface area contributed by atoms with E-state index >= 15 is 0 Å². The number of aromatic nitrogens is 3. The number of aryl methyl sites for hydroxylation is 2. The van der Waals surface area contributed by atoms with Crippen LogP contribution in [0.2, 0.25) is 0 Å². The normalized spacial score (nSPS) is 12.4. The molecule has 0 amide bonds. The molecule has 1 atom stereocenters. The molecule has 0 bridgehead atoms. The molecule has 148 valence electrons. The van der Waals surface area contributed by atoms with E-state index in [0.717, 1.165) is 27.1 Å². The van der Waals surface area contributed by atoms with Crippen molar-refractivity contribution in [2.45, 2.75) is 37.7 Å². The molecule has 0 N–H and O–H groups in total. The van der Waals surface area contributed by atoms with Crippen LogP contribution in [0.15, 0.2) is 67.5 Å². The lowest BCUT2D eigenvalue weighted by molar-refractivity contribution is 0.392. The lowest BCUT2D eigenvalue weighted by Crippen LogP contribution is -2.27. The number of thioether (sulfide) groups is 1. The van der Waals surface area contributed by atoms with Crippen molar-refractivity contribution in [3.8, 4) is 0 Å². The highest BCUT2D eigenvalue weighted by Gasteiger charge is 2.19. The van der Waals surface area contributed by atoms with Gasteiger partial charge < -0.3 is 4.52 Å². The molecule has 4 aromatic rings. The maximum atomic E-state index is 13.5. The van der Waals surface area contributed by atoms with E-state index in [-0.39, 0.29) is 11.6 Å². The molecule has 7 heteroatoms. The first-order chi connectivity index (χ1) is 14.0. The van der Waals surface area contributed by atoms with Gasteiger partial charge in [0.25, 0.3) is 5.56 Å². The molecule has 5 nitrogen and oxygen atoms in total. The zero-order valence-corrected chi connectivity index (χ0v) is 18.8. The van der Waals surface area contributed by atoms with Crippen molar-refractivity contribution >= 4 is 38.6 Å². The van der Waals surface area contributed by atoms with E-state index in [9.17, 15) is 4.79 Å². The monoisotopic (exact) mass is 469 g/mol. The summed E-state index contributed by atoms with van der Waals surface area (Å²) < 4.78 is 7.93. The molecule has 2 aromatic carbocycles. The molecule has 0 spiro atoms. The Labute approximate surface area is 181 Å². The van der Waals surface area contributed by atoms with Gasteiger partial charge in [0, 0.05) is 15.8 Å². The second-order valence-corrected chi connectivity index (χ2v) is 8.77. The van der Waals surface area contributed by atoms with Gasteiger partial charge in [-0.15, -0.1) is 0 Å². The first kappa shape index (κ1) is 19.9. The maximum Gasteiger partial charge on any atom is 0.262 e. The van der Waals surface area contributed by atoms with Crippen molar-refractivity contribution in [2.75, 3.05) is 0 Å². The van der Waals surface area contributed by atoms with Crippen LogP contribution in [-0.2, 0) is 5.75 Å². The average molecular weight is 470 g/mol. The number of hydrogen-bond acceptors (Lipinski definition) is 5. The minimum atomic E-state index is -0.147. The second-order valence-electron chi connectivity index (χ2n) is 6.91. The van der Waals surface area contributed by atoms with E-state index in [4.69, 9.17) is 9.51 Å². The third kappa shape index (κ3) is 3.89. The highest BCUT2D eigenvalue weighted by molar-refractivity contribution is 9.10. The summed E-state index contributed by atoms with van der Waals surface area (Å²) in [7, 11) is 0. The van der Waals surface area contributed by atoms with Gasteiger partial charge in [0.2, 0.25) is 0 Å². The summed E-state index contributed by atoms with van der Waals surface area (Å²) in [4.78, 5) is 18.3. The molecule has 0 saturated carbocycles. The Morgan fingerprint density at radius 1 is 1.17 bits per heavy atom. The minimum Gasteiger partial charge on any atom is -0.361 e. The van der Waals surface area contributed by atoms with Gasteiger partial charge in [0.1, 0.15) is 5.76 Å². The quantitative estimate of drug-likeness (QED) is 0.278. The third-order valence-corrected chi connectivity index (χ3v) is 6.50. The first-order valence-corrected chi connectivity index (χ1v) is 11.0. The highest BCUT2D eigenvalue weighted by atomic mass is 79.9. The van der Waals surface area contributed by atoms with Crippen molar-refractivity contribution in [2.24, 2.45) is 0 Å². The molecular weight excluding hydrogens is 450 g/mol. The molecule has 0 aliphatic rings. The lowest BCUT2D eigenvalue weighted by atomic mass is 10.1. The summed E-state index contributed by atoms with van der Waals surface area (Å²) in [6, 6.07) is 15.5. The topological polar surface area (TPSA) is 60.9 Å². The zero-order chi connectivity index (χ0) is 20.5. The van der Waals surface area contributed by atoms with E-state index in [1.54, 1.807) is 4.57 Å². The summed E-state index contributed by atoms with van der Waals surface area (Å²) in [6.45, 7) is 5.86. The van der Waals surface area contributed by atoms with Crippen LogP contribution in [0.3, 0.4) is 0 Å². The van der Waals surface area contributed by atoms with E-state index in [1.165, 1.54) is 11.8 Å². The van der Waals surface area contributed by atoms with Gasteiger partial charge in [-0.05, 0) is 44.5 Å². The SMILES string of the molecule is Cc1noc(C)c1CSc1nc2ccc(Br)cc2c(=O)n1[C@H](C)c1ccccc1. The summed E-state index contributed by atoms with van der Waals surface area (Å²) >= 11 is 5.00. The van der Waals surface area contributed by atoms with Crippen LogP contribution in [-0.4, -0.2) is 14.7 Å². The van der Waals surface area contributed by atoms with Gasteiger partial charge in [-0.25, -0.2) is 4.98 Å². The zero-order valence-electron chi connectivity index (χ0n) is 16.3. The molecule has 0 unspecified atom stereocenters. The van der Waals surface area contributed by atoms with E-state index in [1.807, 2.05) is 69.3 Å². The number of nitrogens with zero attached hydrogens (tertiary/aromatic N) is 3. The van der Waals surface area contributed by atoms with Gasteiger partial charge in [0.15, 0.2) is 5.16 Å². The molecule has 0 radical (unpaired) electrons. The standard InChI is InChI=1S/C22H20BrN3O2S/c1-13-19(15(3)28-25-13)12-29-22-24-20-10-9-17(23)11-18(20)21(27)26(22)14(2)16-7-5-4-6-8-16/h4-11,14H,12H2,1-3H3/t14-/m1/s1. The van der Waals surface area contributed by atoms with Gasteiger partial charge >= 0.3 is 0 Å². The Morgan fingerprint density at radius 2 is 1.93 bits per heavy atom. The number of hydrogen-bond donors (Lipinski definition) is 0. The smallest absolute Gasteiger partial charge is 0.262 e. The van der Waals surface area contributed by atoms with Gasteiger partial charge in [-0.3, -0.25) is 9.36 Å². The van der Waals surface area contributed by atoms with Crippen molar-refractivity contribution in [1.82, 2.24) is 14.7 Å². The molecule has 0 aliphatic heterocycles. The number of benzene rings is 2. The molecule has 29 heavy (non-hydrogen) atoms. The predicted octanol–water partition coefficient (Wildman–Crippen LogP) is 5.67. The molecule has 0 fully saturated rings. The fraction of sp³-hybridized carbons (Fsp3) is 0.227. The molecule has 0 saturated heterocycles. The Hall–Kier alpha value is -2.38. The molecule has 0 aliphatic carbocycles. The van der Waals surface area contributed by atoms with E-state index in [2.05, 4.69) is 21.1 Å². The van der Waals surface area contributed by atoms with Crippen molar-refractivity contribution in [3.63, 3.8) is 0 Å².